The molecule has 0 radical (unpaired) electrons. The largest absolute Gasteiger partial charge is 0.389 e. The van der Waals surface area contributed by atoms with Crippen molar-refractivity contribution in [3.8, 4) is 0 Å². The van der Waals surface area contributed by atoms with Gasteiger partial charge in [-0.25, -0.2) is 0 Å². The summed E-state index contributed by atoms with van der Waals surface area (Å²) in [4.78, 5) is 2.36. The zero-order valence-corrected chi connectivity index (χ0v) is 12.9. The summed E-state index contributed by atoms with van der Waals surface area (Å²) in [7, 11) is 2.16. The molecule has 0 saturated carbocycles. The van der Waals surface area contributed by atoms with Crippen LogP contribution in [0.4, 0.5) is 0 Å². The third-order valence-electron chi connectivity index (χ3n) is 5.96. The Bertz CT molecular complexity index is 337. The monoisotopic (exact) mass is 283 g/mol. The smallest absolute Gasteiger partial charge is 0.0730 e. The Morgan fingerprint density at radius 1 is 1.10 bits per heavy atom. The zero-order valence-electron chi connectivity index (χ0n) is 12.9. The van der Waals surface area contributed by atoms with Gasteiger partial charge in [-0.15, -0.1) is 0 Å². The molecule has 20 heavy (non-hydrogen) atoms. The first-order valence-corrected chi connectivity index (χ1v) is 8.17. The summed E-state index contributed by atoms with van der Waals surface area (Å²) in [6.07, 6.45) is 5.83. The Kier molecular flexibility index (Phi) is 4.10. The van der Waals surface area contributed by atoms with Crippen molar-refractivity contribution in [2.45, 2.75) is 62.7 Å². The Labute approximate surface area is 122 Å². The van der Waals surface area contributed by atoms with Gasteiger partial charge in [0, 0.05) is 32.4 Å². The predicted octanol–water partition coefficient (Wildman–Crippen LogP) is 1.81. The highest BCUT2D eigenvalue weighted by atomic mass is 16.5. The van der Waals surface area contributed by atoms with E-state index in [1.807, 2.05) is 0 Å². The van der Waals surface area contributed by atoms with Crippen LogP contribution in [0.3, 0.4) is 0 Å². The van der Waals surface area contributed by atoms with Crippen LogP contribution in [0.1, 0.15) is 45.4 Å². The molecular weight excluding hydrogens is 254 g/mol. The fourth-order valence-electron chi connectivity index (χ4n) is 4.31. The summed E-state index contributed by atoms with van der Waals surface area (Å²) in [5.74, 6) is 0.394. The van der Waals surface area contributed by atoms with E-state index in [4.69, 9.17) is 9.47 Å². The van der Waals surface area contributed by atoms with Gasteiger partial charge in [-0.2, -0.15) is 0 Å². The van der Waals surface area contributed by atoms with E-state index >= 15 is 0 Å². The van der Waals surface area contributed by atoms with Crippen LogP contribution < -0.4 is 0 Å². The minimum Gasteiger partial charge on any atom is -0.389 e. The van der Waals surface area contributed by atoms with E-state index < -0.39 is 5.60 Å². The quantitative estimate of drug-likeness (QED) is 0.797. The molecule has 4 heteroatoms. The van der Waals surface area contributed by atoms with Crippen LogP contribution in [0.25, 0.3) is 0 Å². The lowest BCUT2D eigenvalue weighted by Crippen LogP contribution is -2.56. The average Bonchev–Trinajstić information content (AvgIpc) is 2.44. The fraction of sp³-hybridized carbons (Fsp3) is 1.00. The Balaban J connectivity index is 1.69. The van der Waals surface area contributed by atoms with Crippen molar-refractivity contribution in [1.82, 2.24) is 4.90 Å². The second-order valence-corrected chi connectivity index (χ2v) is 7.22. The molecule has 3 aliphatic heterocycles. The Hall–Kier alpha value is -0.160. The van der Waals surface area contributed by atoms with Gasteiger partial charge in [-0.3, -0.25) is 0 Å². The summed E-state index contributed by atoms with van der Waals surface area (Å²) in [5.41, 5.74) is -0.496. The molecule has 3 atom stereocenters. The van der Waals surface area contributed by atoms with Crippen LogP contribution in [0.15, 0.2) is 0 Å². The minimum absolute atomic E-state index is 0.0104. The molecule has 1 N–H and O–H groups in total. The standard InChI is InChI=1S/C16H29NO3/c1-13-11-16(18,4-7-17(13)2)14-3-8-20-15(12-14)5-9-19-10-6-15/h13-14,18H,3-12H2,1-2H3. The van der Waals surface area contributed by atoms with Gasteiger partial charge in [0.25, 0.3) is 0 Å². The molecule has 0 aliphatic carbocycles. The first-order valence-electron chi connectivity index (χ1n) is 8.17. The summed E-state index contributed by atoms with van der Waals surface area (Å²) in [6.45, 7) is 5.66. The van der Waals surface area contributed by atoms with E-state index in [-0.39, 0.29) is 5.60 Å². The van der Waals surface area contributed by atoms with Gasteiger partial charge in [0.05, 0.1) is 11.2 Å². The van der Waals surface area contributed by atoms with Crippen LogP contribution in [-0.4, -0.2) is 60.7 Å². The average molecular weight is 283 g/mol. The number of likely N-dealkylation sites (tertiary alicyclic amines) is 1. The molecule has 1 spiro atoms. The molecule has 3 aliphatic rings. The number of hydrogen-bond donors (Lipinski definition) is 1. The Morgan fingerprint density at radius 2 is 1.85 bits per heavy atom. The summed E-state index contributed by atoms with van der Waals surface area (Å²) < 4.78 is 11.6. The highest BCUT2D eigenvalue weighted by Gasteiger charge is 2.48. The molecule has 0 bridgehead atoms. The molecule has 0 aromatic carbocycles. The van der Waals surface area contributed by atoms with Crippen molar-refractivity contribution in [2.75, 3.05) is 33.4 Å². The van der Waals surface area contributed by atoms with Crippen LogP contribution >= 0.6 is 0 Å². The van der Waals surface area contributed by atoms with Crippen LogP contribution in [0.5, 0.6) is 0 Å². The van der Waals surface area contributed by atoms with E-state index in [9.17, 15) is 5.11 Å². The van der Waals surface area contributed by atoms with Gasteiger partial charge in [0.15, 0.2) is 0 Å². The molecule has 4 nitrogen and oxygen atoms in total. The molecule has 0 amide bonds. The maximum atomic E-state index is 11.2. The third kappa shape index (κ3) is 2.76. The van der Waals surface area contributed by atoms with Crippen molar-refractivity contribution < 1.29 is 14.6 Å². The van der Waals surface area contributed by atoms with Crippen LogP contribution in [-0.2, 0) is 9.47 Å². The lowest BCUT2D eigenvalue weighted by Gasteiger charge is -2.51. The predicted molar refractivity (Wildman–Crippen MR) is 77.7 cm³/mol. The van der Waals surface area contributed by atoms with Crippen molar-refractivity contribution in [3.05, 3.63) is 0 Å². The van der Waals surface area contributed by atoms with Crippen molar-refractivity contribution >= 4 is 0 Å². The van der Waals surface area contributed by atoms with E-state index in [0.717, 1.165) is 64.9 Å². The van der Waals surface area contributed by atoms with Gasteiger partial charge < -0.3 is 19.5 Å². The Morgan fingerprint density at radius 3 is 2.55 bits per heavy atom. The maximum absolute atomic E-state index is 11.2. The maximum Gasteiger partial charge on any atom is 0.0730 e. The van der Waals surface area contributed by atoms with E-state index in [0.29, 0.717) is 12.0 Å². The first kappa shape index (κ1) is 14.8. The van der Waals surface area contributed by atoms with Crippen LogP contribution in [0.2, 0.25) is 0 Å². The van der Waals surface area contributed by atoms with Crippen molar-refractivity contribution in [3.63, 3.8) is 0 Å². The van der Waals surface area contributed by atoms with E-state index in [1.54, 1.807) is 0 Å². The normalized spacial score (nSPS) is 42.8. The first-order chi connectivity index (χ1) is 9.53. The second-order valence-electron chi connectivity index (χ2n) is 7.22. The van der Waals surface area contributed by atoms with Gasteiger partial charge in [0.1, 0.15) is 0 Å². The number of aliphatic hydroxyl groups is 1. The molecule has 3 fully saturated rings. The summed E-state index contributed by atoms with van der Waals surface area (Å²) in [5, 5.41) is 11.2. The number of piperidine rings is 1. The number of ether oxygens (including phenoxy) is 2. The zero-order chi connectivity index (χ0) is 14.2. The lowest BCUT2D eigenvalue weighted by molar-refractivity contribution is -0.185. The van der Waals surface area contributed by atoms with Crippen molar-refractivity contribution in [1.29, 1.82) is 0 Å². The van der Waals surface area contributed by atoms with Gasteiger partial charge in [-0.05, 0) is 58.4 Å². The van der Waals surface area contributed by atoms with E-state index in [2.05, 4.69) is 18.9 Å². The summed E-state index contributed by atoms with van der Waals surface area (Å²) >= 11 is 0. The number of nitrogens with zero attached hydrogens (tertiary/aromatic N) is 1. The topological polar surface area (TPSA) is 41.9 Å². The van der Waals surface area contributed by atoms with Crippen molar-refractivity contribution in [2.24, 2.45) is 5.92 Å². The molecule has 3 heterocycles. The SMILES string of the molecule is CC1CC(O)(C2CCOC3(CCOCC3)C2)CCN1C. The molecule has 116 valence electrons. The molecule has 3 saturated heterocycles. The number of hydrogen-bond acceptors (Lipinski definition) is 4. The fourth-order valence-corrected chi connectivity index (χ4v) is 4.31. The van der Waals surface area contributed by atoms with Crippen LogP contribution in [0, 0.1) is 5.92 Å². The van der Waals surface area contributed by atoms with Gasteiger partial charge in [-0.1, -0.05) is 0 Å². The molecule has 0 aromatic heterocycles. The second kappa shape index (κ2) is 5.56. The lowest BCUT2D eigenvalue weighted by atomic mass is 9.69. The highest BCUT2D eigenvalue weighted by Crippen LogP contribution is 2.45. The minimum atomic E-state index is -0.485. The van der Waals surface area contributed by atoms with E-state index in [1.165, 1.54) is 0 Å². The number of rotatable bonds is 1. The van der Waals surface area contributed by atoms with Gasteiger partial charge >= 0.3 is 0 Å². The molecule has 0 aromatic rings. The third-order valence-corrected chi connectivity index (χ3v) is 5.96. The highest BCUT2D eigenvalue weighted by molar-refractivity contribution is 5.00. The molecule has 3 unspecified atom stereocenters. The summed E-state index contributed by atoms with van der Waals surface area (Å²) in [6, 6.07) is 0.474. The van der Waals surface area contributed by atoms with Gasteiger partial charge in [0.2, 0.25) is 0 Å². The molecular formula is C16H29NO3. The molecule has 3 rings (SSSR count).